The predicted octanol–water partition coefficient (Wildman–Crippen LogP) is 4.12. The highest BCUT2D eigenvalue weighted by atomic mass is 79.9. The summed E-state index contributed by atoms with van der Waals surface area (Å²) in [4.78, 5) is 10.4. The van der Waals surface area contributed by atoms with Crippen molar-refractivity contribution in [2.24, 2.45) is 0 Å². The summed E-state index contributed by atoms with van der Waals surface area (Å²) in [5.41, 5.74) is 1.72. The van der Waals surface area contributed by atoms with E-state index in [4.69, 9.17) is 4.42 Å². The molecule has 2 rings (SSSR count). The van der Waals surface area contributed by atoms with Gasteiger partial charge in [0.2, 0.25) is 0 Å². The molecule has 1 unspecified atom stereocenters. The molecule has 0 radical (unpaired) electrons. The van der Waals surface area contributed by atoms with Gasteiger partial charge in [0, 0.05) is 17.3 Å². The molecule has 5 nitrogen and oxygen atoms in total. The monoisotopic (exact) mass is 310 g/mol. The highest BCUT2D eigenvalue weighted by molar-refractivity contribution is 9.10. The molecular formula is C12H11BrN2O3. The van der Waals surface area contributed by atoms with Gasteiger partial charge in [-0.15, -0.1) is 0 Å². The lowest BCUT2D eigenvalue weighted by Crippen LogP contribution is -2.05. The van der Waals surface area contributed by atoms with Crippen molar-refractivity contribution in [3.8, 4) is 0 Å². The van der Waals surface area contributed by atoms with Gasteiger partial charge in [0.25, 0.3) is 5.69 Å². The first kappa shape index (κ1) is 12.6. The molecule has 0 spiro atoms. The Morgan fingerprint density at radius 2 is 2.22 bits per heavy atom. The topological polar surface area (TPSA) is 68.3 Å². The molecule has 2 aromatic rings. The maximum absolute atomic E-state index is 10.8. The first-order valence-corrected chi connectivity index (χ1v) is 6.10. The molecule has 1 heterocycles. The van der Waals surface area contributed by atoms with Crippen molar-refractivity contribution in [1.29, 1.82) is 0 Å². The second-order valence-corrected chi connectivity index (χ2v) is 4.70. The first-order chi connectivity index (χ1) is 8.58. The summed E-state index contributed by atoms with van der Waals surface area (Å²) in [7, 11) is 0. The summed E-state index contributed by atoms with van der Waals surface area (Å²) in [5, 5.41) is 14.0. The van der Waals surface area contributed by atoms with Gasteiger partial charge in [-0.2, -0.15) is 0 Å². The van der Waals surface area contributed by atoms with Crippen LogP contribution in [0.25, 0.3) is 0 Å². The van der Waals surface area contributed by atoms with Crippen LogP contribution in [0.1, 0.15) is 18.5 Å². The SMILES string of the molecule is CC(Nc1ccc(Br)c([N+](=O)[O-])c1)c1ccoc1. The van der Waals surface area contributed by atoms with Crippen LogP contribution < -0.4 is 5.32 Å². The van der Waals surface area contributed by atoms with E-state index in [1.807, 2.05) is 13.0 Å². The third-order valence-corrected chi connectivity index (χ3v) is 3.24. The maximum Gasteiger partial charge on any atom is 0.285 e. The van der Waals surface area contributed by atoms with Gasteiger partial charge < -0.3 is 9.73 Å². The fraction of sp³-hybridized carbons (Fsp3) is 0.167. The van der Waals surface area contributed by atoms with E-state index >= 15 is 0 Å². The van der Waals surface area contributed by atoms with E-state index in [1.54, 1.807) is 24.7 Å². The molecule has 0 aliphatic rings. The Hall–Kier alpha value is -1.82. The number of nitro benzene ring substituents is 1. The van der Waals surface area contributed by atoms with Gasteiger partial charge in [0.15, 0.2) is 0 Å². The summed E-state index contributed by atoms with van der Waals surface area (Å²) in [6.45, 7) is 1.96. The van der Waals surface area contributed by atoms with Gasteiger partial charge in [-0.05, 0) is 41.1 Å². The normalized spacial score (nSPS) is 12.1. The molecule has 0 aliphatic heterocycles. The fourth-order valence-electron chi connectivity index (χ4n) is 1.60. The molecule has 94 valence electrons. The van der Waals surface area contributed by atoms with Crippen LogP contribution in [0.15, 0.2) is 45.7 Å². The highest BCUT2D eigenvalue weighted by Crippen LogP contribution is 2.29. The van der Waals surface area contributed by atoms with Crippen molar-refractivity contribution in [1.82, 2.24) is 0 Å². The minimum atomic E-state index is -0.419. The third kappa shape index (κ3) is 2.70. The maximum atomic E-state index is 10.8. The number of hydrogen-bond donors (Lipinski definition) is 1. The lowest BCUT2D eigenvalue weighted by molar-refractivity contribution is -0.385. The minimum Gasteiger partial charge on any atom is -0.472 e. The van der Waals surface area contributed by atoms with Gasteiger partial charge in [0.05, 0.1) is 28.0 Å². The second-order valence-electron chi connectivity index (χ2n) is 3.85. The zero-order valence-corrected chi connectivity index (χ0v) is 11.2. The van der Waals surface area contributed by atoms with Crippen LogP contribution >= 0.6 is 15.9 Å². The second kappa shape index (κ2) is 5.22. The van der Waals surface area contributed by atoms with Crippen LogP contribution in [0.2, 0.25) is 0 Å². The smallest absolute Gasteiger partial charge is 0.285 e. The van der Waals surface area contributed by atoms with Crippen LogP contribution in [-0.4, -0.2) is 4.92 Å². The van der Waals surface area contributed by atoms with E-state index < -0.39 is 4.92 Å². The van der Waals surface area contributed by atoms with E-state index in [0.717, 1.165) is 5.56 Å². The lowest BCUT2D eigenvalue weighted by Gasteiger charge is -2.13. The quantitative estimate of drug-likeness (QED) is 0.681. The number of nitro groups is 1. The molecule has 1 N–H and O–H groups in total. The van der Waals surface area contributed by atoms with Gasteiger partial charge in [-0.3, -0.25) is 10.1 Å². The van der Waals surface area contributed by atoms with Crippen molar-refractivity contribution < 1.29 is 9.34 Å². The summed E-state index contributed by atoms with van der Waals surface area (Å²) in [6, 6.07) is 6.81. The zero-order chi connectivity index (χ0) is 13.1. The van der Waals surface area contributed by atoms with E-state index in [1.165, 1.54) is 6.07 Å². The van der Waals surface area contributed by atoms with Crippen molar-refractivity contribution in [3.05, 3.63) is 56.9 Å². The Morgan fingerprint density at radius 3 is 2.83 bits per heavy atom. The van der Waals surface area contributed by atoms with E-state index in [2.05, 4.69) is 21.2 Å². The molecule has 0 amide bonds. The molecule has 1 aromatic carbocycles. The molecule has 0 bridgehead atoms. The van der Waals surface area contributed by atoms with Crippen LogP contribution in [-0.2, 0) is 0 Å². The average Bonchev–Trinajstić information content (AvgIpc) is 2.85. The molecule has 0 saturated carbocycles. The number of nitrogens with zero attached hydrogens (tertiary/aromatic N) is 1. The molecule has 1 aromatic heterocycles. The first-order valence-electron chi connectivity index (χ1n) is 5.30. The Morgan fingerprint density at radius 1 is 1.44 bits per heavy atom. The van der Waals surface area contributed by atoms with Crippen molar-refractivity contribution in [3.63, 3.8) is 0 Å². The standard InChI is InChI=1S/C12H11BrN2O3/c1-8(9-4-5-18-7-9)14-10-2-3-11(13)12(6-10)15(16)17/h2-8,14H,1H3. The number of benzene rings is 1. The van der Waals surface area contributed by atoms with Crippen LogP contribution in [0.4, 0.5) is 11.4 Å². The van der Waals surface area contributed by atoms with Crippen LogP contribution in [0.3, 0.4) is 0 Å². The molecule has 0 fully saturated rings. The Balaban J connectivity index is 2.20. The molecule has 18 heavy (non-hydrogen) atoms. The number of halogens is 1. The Bertz CT molecular complexity index is 554. The summed E-state index contributed by atoms with van der Waals surface area (Å²) in [5.74, 6) is 0. The molecule has 1 atom stereocenters. The van der Waals surface area contributed by atoms with Gasteiger partial charge in [0.1, 0.15) is 0 Å². The van der Waals surface area contributed by atoms with Crippen molar-refractivity contribution >= 4 is 27.3 Å². The number of anilines is 1. The molecular weight excluding hydrogens is 300 g/mol. The summed E-state index contributed by atoms with van der Waals surface area (Å²) < 4.78 is 5.47. The van der Waals surface area contributed by atoms with Crippen molar-refractivity contribution in [2.45, 2.75) is 13.0 Å². The molecule has 6 heteroatoms. The number of hydrogen-bond acceptors (Lipinski definition) is 4. The summed E-state index contributed by atoms with van der Waals surface area (Å²) in [6.07, 6.45) is 3.24. The minimum absolute atomic E-state index is 0.0181. The lowest BCUT2D eigenvalue weighted by atomic mass is 10.1. The van der Waals surface area contributed by atoms with E-state index in [-0.39, 0.29) is 11.7 Å². The van der Waals surface area contributed by atoms with E-state index in [9.17, 15) is 10.1 Å². The average molecular weight is 311 g/mol. The van der Waals surface area contributed by atoms with Crippen molar-refractivity contribution in [2.75, 3.05) is 5.32 Å². The molecule has 0 saturated heterocycles. The van der Waals surface area contributed by atoms with Gasteiger partial charge in [-0.25, -0.2) is 0 Å². The largest absolute Gasteiger partial charge is 0.472 e. The fourth-order valence-corrected chi connectivity index (χ4v) is 1.99. The summed E-state index contributed by atoms with van der Waals surface area (Å²) >= 11 is 3.15. The van der Waals surface area contributed by atoms with Gasteiger partial charge >= 0.3 is 0 Å². The Labute approximate surface area is 112 Å². The van der Waals surface area contributed by atoms with E-state index in [0.29, 0.717) is 10.2 Å². The zero-order valence-electron chi connectivity index (χ0n) is 9.59. The molecule has 0 aliphatic carbocycles. The third-order valence-electron chi connectivity index (χ3n) is 2.57. The van der Waals surface area contributed by atoms with Crippen LogP contribution in [0.5, 0.6) is 0 Å². The predicted molar refractivity (Wildman–Crippen MR) is 71.5 cm³/mol. The van der Waals surface area contributed by atoms with Crippen LogP contribution in [0, 0.1) is 10.1 Å². The number of furan rings is 1. The highest BCUT2D eigenvalue weighted by Gasteiger charge is 2.14. The van der Waals surface area contributed by atoms with Gasteiger partial charge in [-0.1, -0.05) is 0 Å². The number of nitrogens with one attached hydrogen (secondary N) is 1. The Kier molecular flexibility index (Phi) is 3.66. The number of rotatable bonds is 4.